The molecule has 0 aliphatic rings. The van der Waals surface area contributed by atoms with Crippen LogP contribution in [0.1, 0.15) is 25.1 Å². The van der Waals surface area contributed by atoms with Crippen molar-refractivity contribution in [1.82, 2.24) is 0 Å². The van der Waals surface area contributed by atoms with E-state index in [1.54, 1.807) is 36.4 Å². The van der Waals surface area contributed by atoms with Gasteiger partial charge in [-0.25, -0.2) is 12.8 Å². The molecular formula is C22H22FNO4S. The minimum Gasteiger partial charge on any atom is -0.497 e. The quantitative estimate of drug-likeness (QED) is 0.467. The van der Waals surface area contributed by atoms with Crippen molar-refractivity contribution in [2.45, 2.75) is 24.3 Å². The molecule has 1 unspecified atom stereocenters. The fraction of sp³-hybridized carbons (Fsp3) is 0.182. The van der Waals surface area contributed by atoms with Gasteiger partial charge in [-0.05, 0) is 74.0 Å². The van der Waals surface area contributed by atoms with Crippen molar-refractivity contribution in [3.05, 3.63) is 90.7 Å². The first-order chi connectivity index (χ1) is 13.8. The van der Waals surface area contributed by atoms with Crippen LogP contribution in [0.15, 0.2) is 88.4 Å². The lowest BCUT2D eigenvalue weighted by molar-refractivity contribution is 0.414. The van der Waals surface area contributed by atoms with Crippen molar-refractivity contribution in [1.29, 1.82) is 0 Å². The molecule has 1 heterocycles. The number of benzene rings is 2. The zero-order valence-electron chi connectivity index (χ0n) is 16.2. The first-order valence-electron chi connectivity index (χ1n) is 8.95. The number of anilines is 1. The van der Waals surface area contributed by atoms with E-state index in [-0.39, 0.29) is 4.90 Å². The molecule has 2 aromatic carbocycles. The van der Waals surface area contributed by atoms with Gasteiger partial charge in [-0.3, -0.25) is 4.31 Å². The van der Waals surface area contributed by atoms with E-state index in [1.165, 1.54) is 29.8 Å². The van der Waals surface area contributed by atoms with E-state index in [9.17, 15) is 12.8 Å². The summed E-state index contributed by atoms with van der Waals surface area (Å²) in [6, 6.07) is 14.2. The molecule has 7 heteroatoms. The number of methoxy groups -OCH3 is 1. The maximum Gasteiger partial charge on any atom is 0.265 e. The molecule has 0 N–H and O–H groups in total. The summed E-state index contributed by atoms with van der Waals surface area (Å²) >= 11 is 0. The van der Waals surface area contributed by atoms with Crippen LogP contribution in [0.25, 0.3) is 0 Å². The van der Waals surface area contributed by atoms with Crippen molar-refractivity contribution >= 4 is 15.7 Å². The first kappa shape index (κ1) is 20.7. The Bertz CT molecular complexity index is 1060. The van der Waals surface area contributed by atoms with Crippen molar-refractivity contribution in [2.75, 3.05) is 11.4 Å². The van der Waals surface area contributed by atoms with Crippen LogP contribution in [-0.2, 0) is 10.0 Å². The standard InChI is InChI=1S/C22H22FNO4S/c1-16(2)15-21(22-5-4-14-28-22)24(18-8-10-19(27-3)11-9-18)29(25,26)20-12-6-17(23)7-13-20/h4-14,21H,1,15H2,2-3H3. The largest absolute Gasteiger partial charge is 0.497 e. The highest BCUT2D eigenvalue weighted by Gasteiger charge is 2.34. The number of rotatable bonds is 8. The van der Waals surface area contributed by atoms with Gasteiger partial charge in [-0.1, -0.05) is 5.57 Å². The number of ether oxygens (including phenoxy) is 1. The van der Waals surface area contributed by atoms with E-state index in [0.717, 1.165) is 17.7 Å². The topological polar surface area (TPSA) is 59.8 Å². The third kappa shape index (κ3) is 4.51. The van der Waals surface area contributed by atoms with Gasteiger partial charge in [-0.15, -0.1) is 6.58 Å². The lowest BCUT2D eigenvalue weighted by Gasteiger charge is -2.32. The van der Waals surface area contributed by atoms with Gasteiger partial charge in [0.2, 0.25) is 0 Å². The predicted octanol–water partition coefficient (Wildman–Crippen LogP) is 5.33. The lowest BCUT2D eigenvalue weighted by atomic mass is 10.1. The number of furan rings is 1. The number of halogens is 1. The molecule has 152 valence electrons. The first-order valence-corrected chi connectivity index (χ1v) is 10.4. The molecule has 0 spiro atoms. The summed E-state index contributed by atoms with van der Waals surface area (Å²) in [5, 5.41) is 0. The lowest BCUT2D eigenvalue weighted by Crippen LogP contribution is -2.35. The molecule has 3 rings (SSSR count). The Morgan fingerprint density at radius 2 is 1.79 bits per heavy atom. The van der Waals surface area contributed by atoms with Crippen LogP contribution in [0.5, 0.6) is 5.75 Å². The second-order valence-electron chi connectivity index (χ2n) is 6.65. The summed E-state index contributed by atoms with van der Waals surface area (Å²) in [7, 11) is -2.50. The van der Waals surface area contributed by atoms with Gasteiger partial charge >= 0.3 is 0 Å². The zero-order valence-corrected chi connectivity index (χ0v) is 17.0. The van der Waals surface area contributed by atoms with Crippen molar-refractivity contribution in [2.24, 2.45) is 0 Å². The average molecular weight is 415 g/mol. The molecule has 1 atom stereocenters. The summed E-state index contributed by atoms with van der Waals surface area (Å²) in [6.07, 6.45) is 1.84. The summed E-state index contributed by atoms with van der Waals surface area (Å²) < 4.78 is 52.7. The molecule has 1 aromatic heterocycles. The monoisotopic (exact) mass is 415 g/mol. The van der Waals surface area contributed by atoms with Gasteiger partial charge in [0.05, 0.1) is 24.0 Å². The zero-order chi connectivity index (χ0) is 21.0. The molecule has 0 fully saturated rings. The third-order valence-electron chi connectivity index (χ3n) is 4.39. The van der Waals surface area contributed by atoms with E-state index in [1.807, 2.05) is 6.92 Å². The fourth-order valence-corrected chi connectivity index (χ4v) is 4.67. The highest BCUT2D eigenvalue weighted by Crippen LogP contribution is 2.37. The second kappa shape index (κ2) is 8.53. The molecule has 0 amide bonds. The number of nitrogens with zero attached hydrogens (tertiary/aromatic N) is 1. The van der Waals surface area contributed by atoms with E-state index in [2.05, 4.69) is 6.58 Å². The Hall–Kier alpha value is -3.06. The summed E-state index contributed by atoms with van der Waals surface area (Å²) in [6.45, 7) is 5.77. The fourth-order valence-electron chi connectivity index (χ4n) is 3.05. The smallest absolute Gasteiger partial charge is 0.265 e. The molecule has 0 saturated heterocycles. The molecule has 5 nitrogen and oxygen atoms in total. The van der Waals surface area contributed by atoms with Crippen LogP contribution in [0.4, 0.5) is 10.1 Å². The SMILES string of the molecule is C=C(C)CC(c1ccco1)N(c1ccc(OC)cc1)S(=O)(=O)c1ccc(F)cc1. The van der Waals surface area contributed by atoms with Gasteiger partial charge in [0.15, 0.2) is 0 Å². The third-order valence-corrected chi connectivity index (χ3v) is 6.24. The number of sulfonamides is 1. The van der Waals surface area contributed by atoms with Crippen LogP contribution in [0, 0.1) is 5.82 Å². The van der Waals surface area contributed by atoms with Gasteiger partial charge in [-0.2, -0.15) is 0 Å². The Kier molecular flexibility index (Phi) is 6.08. The number of hydrogen-bond donors (Lipinski definition) is 0. The predicted molar refractivity (Wildman–Crippen MR) is 110 cm³/mol. The summed E-state index contributed by atoms with van der Waals surface area (Å²) in [5.74, 6) is 0.571. The molecule has 0 aliphatic carbocycles. The van der Waals surface area contributed by atoms with Gasteiger partial charge in [0, 0.05) is 0 Å². The molecule has 0 radical (unpaired) electrons. The van der Waals surface area contributed by atoms with E-state index in [0.29, 0.717) is 23.6 Å². The maximum absolute atomic E-state index is 13.6. The summed E-state index contributed by atoms with van der Waals surface area (Å²) in [5.41, 5.74) is 1.22. The van der Waals surface area contributed by atoms with Crippen molar-refractivity contribution in [3.8, 4) is 5.75 Å². The van der Waals surface area contributed by atoms with Gasteiger partial charge in [0.25, 0.3) is 10.0 Å². The molecule has 0 bridgehead atoms. The van der Waals surface area contributed by atoms with Crippen LogP contribution in [-0.4, -0.2) is 15.5 Å². The Morgan fingerprint density at radius 1 is 1.14 bits per heavy atom. The Morgan fingerprint density at radius 3 is 2.31 bits per heavy atom. The maximum atomic E-state index is 13.6. The minimum absolute atomic E-state index is 0.0204. The van der Waals surface area contributed by atoms with Gasteiger partial charge < -0.3 is 9.15 Å². The number of hydrogen-bond acceptors (Lipinski definition) is 4. The van der Waals surface area contributed by atoms with Crippen molar-refractivity contribution < 1.29 is 22.0 Å². The molecule has 29 heavy (non-hydrogen) atoms. The highest BCUT2D eigenvalue weighted by atomic mass is 32.2. The van der Waals surface area contributed by atoms with Gasteiger partial charge in [0.1, 0.15) is 23.4 Å². The minimum atomic E-state index is -4.04. The molecule has 0 aliphatic heterocycles. The van der Waals surface area contributed by atoms with Crippen molar-refractivity contribution in [3.63, 3.8) is 0 Å². The molecule has 0 saturated carbocycles. The average Bonchev–Trinajstić information content (AvgIpc) is 3.22. The van der Waals surface area contributed by atoms with Crippen LogP contribution in [0.3, 0.4) is 0 Å². The Balaban J connectivity index is 2.19. The molecular weight excluding hydrogens is 393 g/mol. The van der Waals surface area contributed by atoms with Crippen LogP contribution >= 0.6 is 0 Å². The second-order valence-corrected chi connectivity index (χ2v) is 8.46. The highest BCUT2D eigenvalue weighted by molar-refractivity contribution is 7.92. The van der Waals surface area contributed by atoms with E-state index in [4.69, 9.17) is 9.15 Å². The van der Waals surface area contributed by atoms with E-state index < -0.39 is 21.9 Å². The summed E-state index contributed by atoms with van der Waals surface area (Å²) in [4.78, 5) is -0.0204. The van der Waals surface area contributed by atoms with Crippen LogP contribution < -0.4 is 9.04 Å². The van der Waals surface area contributed by atoms with E-state index >= 15 is 0 Å². The molecule has 3 aromatic rings. The van der Waals surface area contributed by atoms with Crippen LogP contribution in [0.2, 0.25) is 0 Å². The Labute approximate surface area is 170 Å². The normalized spacial score (nSPS) is 12.4.